The first-order valence-corrected chi connectivity index (χ1v) is 7.89. The highest BCUT2D eigenvalue weighted by Crippen LogP contribution is 2.08. The van der Waals surface area contributed by atoms with E-state index in [1.54, 1.807) is 0 Å². The summed E-state index contributed by atoms with van der Waals surface area (Å²) < 4.78 is 22.8. The number of sulfone groups is 1. The zero-order valence-electron chi connectivity index (χ0n) is 10.4. The van der Waals surface area contributed by atoms with Crippen LogP contribution in [-0.2, 0) is 9.84 Å². The van der Waals surface area contributed by atoms with Crippen molar-refractivity contribution in [3.63, 3.8) is 0 Å². The predicted molar refractivity (Wildman–Crippen MR) is 67.1 cm³/mol. The molecule has 1 rings (SSSR count). The molecule has 1 aliphatic heterocycles. The zero-order valence-corrected chi connectivity index (χ0v) is 11.2. The molecular weight excluding hydrogens is 224 g/mol. The van der Waals surface area contributed by atoms with Gasteiger partial charge in [0.1, 0.15) is 0 Å². The molecule has 0 radical (unpaired) electrons. The second kappa shape index (κ2) is 5.98. The maximum absolute atomic E-state index is 11.4. The molecule has 1 heterocycles. The fourth-order valence-electron chi connectivity index (χ4n) is 2.18. The molecule has 0 aliphatic carbocycles. The van der Waals surface area contributed by atoms with Crippen LogP contribution in [0.25, 0.3) is 0 Å². The number of nitrogens with zero attached hydrogens (tertiary/aromatic N) is 1. The van der Waals surface area contributed by atoms with Crippen LogP contribution in [0.2, 0.25) is 0 Å². The summed E-state index contributed by atoms with van der Waals surface area (Å²) >= 11 is 0. The minimum atomic E-state index is -2.79. The van der Waals surface area contributed by atoms with Crippen LogP contribution in [0.1, 0.15) is 26.7 Å². The van der Waals surface area contributed by atoms with Gasteiger partial charge in [0.15, 0.2) is 9.84 Å². The van der Waals surface area contributed by atoms with Gasteiger partial charge in [-0.15, -0.1) is 0 Å². The van der Waals surface area contributed by atoms with Crippen molar-refractivity contribution in [2.24, 2.45) is 11.7 Å². The van der Waals surface area contributed by atoms with Crippen molar-refractivity contribution in [3.05, 3.63) is 0 Å². The summed E-state index contributed by atoms with van der Waals surface area (Å²) in [6, 6.07) is 0.167. The molecule has 1 fully saturated rings. The molecule has 0 amide bonds. The first-order valence-electron chi connectivity index (χ1n) is 6.07. The Balaban J connectivity index is 2.38. The average Bonchev–Trinajstić information content (AvgIpc) is 2.26. The van der Waals surface area contributed by atoms with Crippen molar-refractivity contribution in [3.8, 4) is 0 Å². The Morgan fingerprint density at radius 2 is 1.94 bits per heavy atom. The molecule has 1 saturated heterocycles. The Morgan fingerprint density at radius 1 is 1.25 bits per heavy atom. The van der Waals surface area contributed by atoms with E-state index in [1.165, 1.54) is 0 Å². The molecule has 5 heteroatoms. The molecule has 96 valence electrons. The van der Waals surface area contributed by atoms with Gasteiger partial charge >= 0.3 is 0 Å². The lowest BCUT2D eigenvalue weighted by Crippen LogP contribution is -2.39. The second-order valence-corrected chi connectivity index (χ2v) is 7.50. The largest absolute Gasteiger partial charge is 0.327 e. The summed E-state index contributed by atoms with van der Waals surface area (Å²) in [5, 5.41) is 0. The number of nitrogens with two attached hydrogens (primary N) is 1. The van der Waals surface area contributed by atoms with Gasteiger partial charge < -0.3 is 10.6 Å². The molecule has 1 atom stereocenters. The number of hydrogen-bond acceptors (Lipinski definition) is 4. The summed E-state index contributed by atoms with van der Waals surface area (Å²) in [6.45, 7) is 6.66. The van der Waals surface area contributed by atoms with Crippen molar-refractivity contribution in [2.75, 3.05) is 31.1 Å². The summed E-state index contributed by atoms with van der Waals surface area (Å²) in [7, 11) is -2.79. The molecule has 0 aromatic heterocycles. The average molecular weight is 248 g/mol. The van der Waals surface area contributed by atoms with E-state index in [-0.39, 0.29) is 6.04 Å². The molecule has 0 bridgehead atoms. The van der Waals surface area contributed by atoms with Crippen molar-refractivity contribution in [2.45, 2.75) is 32.7 Å². The van der Waals surface area contributed by atoms with Gasteiger partial charge in [-0.3, -0.25) is 0 Å². The lowest BCUT2D eigenvalue weighted by molar-refractivity contribution is 0.263. The van der Waals surface area contributed by atoms with Gasteiger partial charge in [0.2, 0.25) is 0 Å². The normalized spacial score (nSPS) is 24.2. The number of rotatable bonds is 4. The van der Waals surface area contributed by atoms with Gasteiger partial charge in [0.05, 0.1) is 11.5 Å². The van der Waals surface area contributed by atoms with Crippen molar-refractivity contribution < 1.29 is 8.42 Å². The standard InChI is InChI=1S/C11H24N2O2S/c1-10(2)8-11(12)9-13-4-3-6-16(14,15)7-5-13/h10-11H,3-9,12H2,1-2H3. The van der Waals surface area contributed by atoms with Gasteiger partial charge in [0.25, 0.3) is 0 Å². The molecule has 0 aromatic rings. The first kappa shape index (κ1) is 13.9. The van der Waals surface area contributed by atoms with Crippen LogP contribution in [-0.4, -0.2) is 50.5 Å². The third-order valence-corrected chi connectivity index (χ3v) is 4.63. The maximum atomic E-state index is 11.4. The van der Waals surface area contributed by atoms with Crippen LogP contribution in [0.4, 0.5) is 0 Å². The summed E-state index contributed by atoms with van der Waals surface area (Å²) in [6.07, 6.45) is 1.75. The summed E-state index contributed by atoms with van der Waals surface area (Å²) in [4.78, 5) is 2.19. The Bertz CT molecular complexity index is 301. The molecule has 1 aliphatic rings. The third-order valence-electron chi connectivity index (χ3n) is 2.92. The maximum Gasteiger partial charge on any atom is 0.151 e. The van der Waals surface area contributed by atoms with Crippen LogP contribution in [0, 0.1) is 5.92 Å². The van der Waals surface area contributed by atoms with Gasteiger partial charge in [-0.25, -0.2) is 8.42 Å². The Labute approximate surface area is 99.1 Å². The quantitative estimate of drug-likeness (QED) is 0.786. The van der Waals surface area contributed by atoms with Crippen molar-refractivity contribution >= 4 is 9.84 Å². The lowest BCUT2D eigenvalue weighted by atomic mass is 10.0. The van der Waals surface area contributed by atoms with Crippen LogP contribution in [0.5, 0.6) is 0 Å². The van der Waals surface area contributed by atoms with Crippen molar-refractivity contribution in [1.82, 2.24) is 4.90 Å². The van der Waals surface area contributed by atoms with Gasteiger partial charge in [-0.1, -0.05) is 13.8 Å². The van der Waals surface area contributed by atoms with E-state index in [1.807, 2.05) is 0 Å². The summed E-state index contributed by atoms with van der Waals surface area (Å²) in [5.74, 6) is 1.23. The highest BCUT2D eigenvalue weighted by Gasteiger charge is 2.20. The molecule has 0 spiro atoms. The van der Waals surface area contributed by atoms with Gasteiger partial charge in [-0.2, -0.15) is 0 Å². The highest BCUT2D eigenvalue weighted by molar-refractivity contribution is 7.91. The lowest BCUT2D eigenvalue weighted by Gasteiger charge is -2.24. The predicted octanol–water partition coefficient (Wildman–Crippen LogP) is 0.480. The fourth-order valence-corrected chi connectivity index (χ4v) is 3.49. The summed E-state index contributed by atoms with van der Waals surface area (Å²) in [5.41, 5.74) is 6.03. The first-order chi connectivity index (χ1) is 7.39. The van der Waals surface area contributed by atoms with Crippen LogP contribution < -0.4 is 5.73 Å². The minimum Gasteiger partial charge on any atom is -0.327 e. The molecule has 1 unspecified atom stereocenters. The SMILES string of the molecule is CC(C)CC(N)CN1CCCS(=O)(=O)CC1. The van der Waals surface area contributed by atoms with E-state index in [4.69, 9.17) is 5.73 Å². The highest BCUT2D eigenvalue weighted by atomic mass is 32.2. The molecule has 0 aromatic carbocycles. The third kappa shape index (κ3) is 5.27. The molecule has 0 saturated carbocycles. The zero-order chi connectivity index (χ0) is 12.2. The molecule has 16 heavy (non-hydrogen) atoms. The van der Waals surface area contributed by atoms with Gasteiger partial charge in [-0.05, 0) is 25.3 Å². The Hall–Kier alpha value is -0.130. The fraction of sp³-hybridized carbons (Fsp3) is 1.00. The Morgan fingerprint density at radius 3 is 2.56 bits per heavy atom. The van der Waals surface area contributed by atoms with Gasteiger partial charge in [0, 0.05) is 19.1 Å². The van der Waals surface area contributed by atoms with E-state index in [0.717, 1.165) is 25.9 Å². The Kier molecular flexibility index (Phi) is 5.21. The van der Waals surface area contributed by atoms with E-state index < -0.39 is 9.84 Å². The number of hydrogen-bond donors (Lipinski definition) is 1. The smallest absolute Gasteiger partial charge is 0.151 e. The molecule has 4 nitrogen and oxygen atoms in total. The van der Waals surface area contributed by atoms with E-state index in [0.29, 0.717) is 24.0 Å². The van der Waals surface area contributed by atoms with E-state index in [2.05, 4.69) is 18.7 Å². The van der Waals surface area contributed by atoms with Crippen LogP contribution >= 0.6 is 0 Å². The minimum absolute atomic E-state index is 0.167. The molecule has 2 N–H and O–H groups in total. The molecular formula is C11H24N2O2S. The van der Waals surface area contributed by atoms with Crippen LogP contribution in [0.3, 0.4) is 0 Å². The van der Waals surface area contributed by atoms with E-state index in [9.17, 15) is 8.42 Å². The van der Waals surface area contributed by atoms with Crippen LogP contribution in [0.15, 0.2) is 0 Å². The topological polar surface area (TPSA) is 63.4 Å². The van der Waals surface area contributed by atoms with Crippen molar-refractivity contribution in [1.29, 1.82) is 0 Å². The second-order valence-electron chi connectivity index (χ2n) is 5.20. The van der Waals surface area contributed by atoms with E-state index >= 15 is 0 Å². The monoisotopic (exact) mass is 248 g/mol.